The van der Waals surface area contributed by atoms with Crippen molar-refractivity contribution in [3.63, 3.8) is 0 Å². The van der Waals surface area contributed by atoms with E-state index in [1.54, 1.807) is 57.7 Å². The zero-order valence-electron chi connectivity index (χ0n) is 17.8. The number of phenols is 1. The number of nitrogens with one attached hydrogen (secondary N) is 2. The standard InChI is InChI=1S/C24H26N2O5/c1-29-21-14-19(15-22(30-2)23(21)31-3)26-18-6-4-5-17(13-18)24(28)25-12-11-16-7-9-20(27)10-8-16/h4-10,13-15,26-27H,11-12H2,1-3H3,(H,25,28). The minimum absolute atomic E-state index is 0.160. The molecule has 0 radical (unpaired) electrons. The highest BCUT2D eigenvalue weighted by Gasteiger charge is 2.14. The van der Waals surface area contributed by atoms with Crippen LogP contribution in [0.4, 0.5) is 11.4 Å². The van der Waals surface area contributed by atoms with Gasteiger partial charge in [0.05, 0.1) is 21.3 Å². The third-order valence-electron chi connectivity index (χ3n) is 4.71. The van der Waals surface area contributed by atoms with E-state index in [1.165, 1.54) is 0 Å². The van der Waals surface area contributed by atoms with E-state index in [1.807, 2.05) is 24.3 Å². The Morgan fingerprint density at radius 2 is 1.55 bits per heavy atom. The van der Waals surface area contributed by atoms with E-state index in [4.69, 9.17) is 14.2 Å². The number of methoxy groups -OCH3 is 3. The number of rotatable bonds is 9. The summed E-state index contributed by atoms with van der Waals surface area (Å²) in [5.74, 6) is 1.65. The molecule has 0 heterocycles. The van der Waals surface area contributed by atoms with Crippen molar-refractivity contribution in [1.82, 2.24) is 5.32 Å². The highest BCUT2D eigenvalue weighted by atomic mass is 16.5. The lowest BCUT2D eigenvalue weighted by Crippen LogP contribution is -2.25. The molecule has 7 nitrogen and oxygen atoms in total. The van der Waals surface area contributed by atoms with Gasteiger partial charge in [0.1, 0.15) is 5.75 Å². The molecule has 0 saturated carbocycles. The number of carbonyl (C=O) groups excluding carboxylic acids is 1. The summed E-state index contributed by atoms with van der Waals surface area (Å²) in [6, 6.07) is 17.8. The molecule has 162 valence electrons. The summed E-state index contributed by atoms with van der Waals surface area (Å²) in [6.07, 6.45) is 0.676. The lowest BCUT2D eigenvalue weighted by molar-refractivity contribution is 0.0954. The first-order chi connectivity index (χ1) is 15.0. The van der Waals surface area contributed by atoms with Crippen LogP contribution in [0.5, 0.6) is 23.0 Å². The minimum atomic E-state index is -0.160. The Hall–Kier alpha value is -3.87. The Morgan fingerprint density at radius 3 is 2.16 bits per heavy atom. The van der Waals surface area contributed by atoms with Crippen LogP contribution < -0.4 is 24.8 Å². The van der Waals surface area contributed by atoms with Gasteiger partial charge < -0.3 is 30.0 Å². The molecule has 1 amide bonds. The minimum Gasteiger partial charge on any atom is -0.508 e. The van der Waals surface area contributed by atoms with Gasteiger partial charge in [-0.3, -0.25) is 4.79 Å². The Bertz CT molecular complexity index is 1010. The lowest BCUT2D eigenvalue weighted by atomic mass is 10.1. The van der Waals surface area contributed by atoms with Crippen molar-refractivity contribution in [2.75, 3.05) is 33.2 Å². The molecular weight excluding hydrogens is 396 g/mol. The Morgan fingerprint density at radius 1 is 0.871 bits per heavy atom. The molecule has 0 fully saturated rings. The van der Waals surface area contributed by atoms with Crippen molar-refractivity contribution < 1.29 is 24.1 Å². The average molecular weight is 422 g/mol. The first kappa shape index (κ1) is 21.8. The van der Waals surface area contributed by atoms with Crippen molar-refractivity contribution in [1.29, 1.82) is 0 Å². The number of carbonyl (C=O) groups is 1. The second-order valence-electron chi connectivity index (χ2n) is 6.79. The Kier molecular flexibility index (Phi) is 7.22. The fraction of sp³-hybridized carbons (Fsp3) is 0.208. The zero-order valence-corrected chi connectivity index (χ0v) is 17.8. The normalized spacial score (nSPS) is 10.3. The molecule has 31 heavy (non-hydrogen) atoms. The summed E-state index contributed by atoms with van der Waals surface area (Å²) in [7, 11) is 4.67. The van der Waals surface area contributed by atoms with Crippen LogP contribution in [-0.2, 0) is 6.42 Å². The third-order valence-corrected chi connectivity index (χ3v) is 4.71. The number of amides is 1. The van der Waals surface area contributed by atoms with Gasteiger partial charge in [0, 0.05) is 35.6 Å². The number of benzene rings is 3. The molecule has 0 saturated heterocycles. The van der Waals surface area contributed by atoms with E-state index in [0.29, 0.717) is 35.8 Å². The van der Waals surface area contributed by atoms with Gasteiger partial charge in [-0.1, -0.05) is 18.2 Å². The monoisotopic (exact) mass is 422 g/mol. The van der Waals surface area contributed by atoms with Gasteiger partial charge in [0.2, 0.25) is 5.75 Å². The van der Waals surface area contributed by atoms with Crippen LogP contribution in [0.15, 0.2) is 60.7 Å². The van der Waals surface area contributed by atoms with Crippen LogP contribution >= 0.6 is 0 Å². The predicted octanol–water partition coefficient (Wildman–Crippen LogP) is 4.13. The fourth-order valence-electron chi connectivity index (χ4n) is 3.14. The number of hydrogen-bond donors (Lipinski definition) is 3. The maximum Gasteiger partial charge on any atom is 0.251 e. The number of hydrogen-bond acceptors (Lipinski definition) is 6. The zero-order chi connectivity index (χ0) is 22.2. The van der Waals surface area contributed by atoms with E-state index in [0.717, 1.165) is 16.9 Å². The van der Waals surface area contributed by atoms with E-state index >= 15 is 0 Å². The molecule has 0 unspecified atom stereocenters. The number of ether oxygens (including phenoxy) is 3. The molecule has 0 spiro atoms. The van der Waals surface area contributed by atoms with Crippen LogP contribution in [0.2, 0.25) is 0 Å². The molecule has 0 aromatic heterocycles. The third kappa shape index (κ3) is 5.60. The van der Waals surface area contributed by atoms with Crippen molar-refractivity contribution in [2.45, 2.75) is 6.42 Å². The molecule has 7 heteroatoms. The summed E-state index contributed by atoms with van der Waals surface area (Å²) in [6.45, 7) is 0.494. The van der Waals surface area contributed by atoms with E-state index in [9.17, 15) is 9.90 Å². The van der Waals surface area contributed by atoms with E-state index < -0.39 is 0 Å². The summed E-state index contributed by atoms with van der Waals surface area (Å²) < 4.78 is 16.1. The maximum absolute atomic E-state index is 12.5. The SMILES string of the molecule is COc1cc(Nc2cccc(C(=O)NCCc3ccc(O)cc3)c2)cc(OC)c1OC. The second-order valence-corrected chi connectivity index (χ2v) is 6.79. The molecule has 0 atom stereocenters. The average Bonchev–Trinajstić information content (AvgIpc) is 2.79. The van der Waals surface area contributed by atoms with Gasteiger partial charge in [-0.15, -0.1) is 0 Å². The predicted molar refractivity (Wildman–Crippen MR) is 120 cm³/mol. The molecule has 3 rings (SSSR count). The van der Waals surface area contributed by atoms with Gasteiger partial charge in [-0.2, -0.15) is 0 Å². The van der Waals surface area contributed by atoms with Gasteiger partial charge in [-0.25, -0.2) is 0 Å². The van der Waals surface area contributed by atoms with Crippen molar-refractivity contribution in [2.24, 2.45) is 0 Å². The molecule has 3 aromatic carbocycles. The fourth-order valence-corrected chi connectivity index (χ4v) is 3.14. The van der Waals surface area contributed by atoms with E-state index in [2.05, 4.69) is 10.6 Å². The highest BCUT2D eigenvalue weighted by Crippen LogP contribution is 2.40. The van der Waals surface area contributed by atoms with Crippen LogP contribution in [0.3, 0.4) is 0 Å². The first-order valence-corrected chi connectivity index (χ1v) is 9.77. The molecule has 0 bridgehead atoms. The topological polar surface area (TPSA) is 89.1 Å². The van der Waals surface area contributed by atoms with Crippen LogP contribution in [0, 0.1) is 0 Å². The molecular formula is C24H26N2O5. The number of anilines is 2. The lowest BCUT2D eigenvalue weighted by Gasteiger charge is -2.15. The maximum atomic E-state index is 12.5. The van der Waals surface area contributed by atoms with Crippen LogP contribution in [0.1, 0.15) is 15.9 Å². The molecule has 0 aliphatic carbocycles. The molecule has 0 aliphatic heterocycles. The van der Waals surface area contributed by atoms with Gasteiger partial charge >= 0.3 is 0 Å². The molecule has 3 N–H and O–H groups in total. The van der Waals surface area contributed by atoms with E-state index in [-0.39, 0.29) is 11.7 Å². The smallest absolute Gasteiger partial charge is 0.251 e. The molecule has 0 aliphatic rings. The quantitative estimate of drug-likeness (QED) is 0.480. The van der Waals surface area contributed by atoms with Gasteiger partial charge in [-0.05, 0) is 42.3 Å². The molecule has 3 aromatic rings. The van der Waals surface area contributed by atoms with Crippen molar-refractivity contribution in [3.8, 4) is 23.0 Å². The number of phenolic OH excluding ortho intramolecular Hbond substituents is 1. The summed E-state index contributed by atoms with van der Waals surface area (Å²) >= 11 is 0. The summed E-state index contributed by atoms with van der Waals surface area (Å²) in [5.41, 5.74) is 3.07. The Labute approximate surface area is 181 Å². The van der Waals surface area contributed by atoms with Gasteiger partial charge in [0.25, 0.3) is 5.91 Å². The summed E-state index contributed by atoms with van der Waals surface area (Å²) in [4.78, 5) is 12.5. The van der Waals surface area contributed by atoms with Gasteiger partial charge in [0.15, 0.2) is 11.5 Å². The first-order valence-electron chi connectivity index (χ1n) is 9.77. The van der Waals surface area contributed by atoms with Crippen LogP contribution in [-0.4, -0.2) is 38.9 Å². The summed E-state index contributed by atoms with van der Waals surface area (Å²) in [5, 5.41) is 15.5. The second kappa shape index (κ2) is 10.2. The Balaban J connectivity index is 1.67. The highest BCUT2D eigenvalue weighted by molar-refractivity contribution is 5.95. The largest absolute Gasteiger partial charge is 0.508 e. The number of aromatic hydroxyl groups is 1. The van der Waals surface area contributed by atoms with Crippen LogP contribution in [0.25, 0.3) is 0 Å². The van der Waals surface area contributed by atoms with Crippen molar-refractivity contribution >= 4 is 17.3 Å². The van der Waals surface area contributed by atoms with Crippen molar-refractivity contribution in [3.05, 3.63) is 71.8 Å².